The molecule has 0 aliphatic rings. The van der Waals surface area contributed by atoms with Gasteiger partial charge in [-0.2, -0.15) is 0 Å². The number of amides is 2. The number of carbonyl (C=O) groups is 2. The molecule has 0 unspecified atom stereocenters. The van der Waals surface area contributed by atoms with Crippen LogP contribution in [0.4, 0.5) is 0 Å². The number of nitrogens with one attached hydrogen (secondary N) is 2. The fraction of sp³-hybridized carbons (Fsp3) is 0.400. The molecule has 0 spiro atoms. The Bertz CT molecular complexity index is 938. The molecule has 0 bridgehead atoms. The van der Waals surface area contributed by atoms with Crippen molar-refractivity contribution in [2.45, 2.75) is 30.4 Å². The topological polar surface area (TPSA) is 115 Å². The van der Waals surface area contributed by atoms with E-state index in [1.807, 2.05) is 6.07 Å². The monoisotopic (exact) mass is 422 g/mol. The Hall–Kier alpha value is -2.65. The molecule has 9 heteroatoms. The average Bonchev–Trinajstić information content (AvgIpc) is 3.21. The van der Waals surface area contributed by atoms with Gasteiger partial charge in [0.15, 0.2) is 9.84 Å². The molecule has 2 aromatic rings. The highest BCUT2D eigenvalue weighted by Gasteiger charge is 2.33. The van der Waals surface area contributed by atoms with E-state index in [0.717, 1.165) is 5.56 Å². The molecule has 2 rings (SSSR count). The van der Waals surface area contributed by atoms with Gasteiger partial charge in [-0.15, -0.1) is 0 Å². The first kappa shape index (κ1) is 22.6. The molecule has 158 valence electrons. The van der Waals surface area contributed by atoms with Crippen molar-refractivity contribution in [1.82, 2.24) is 10.6 Å². The van der Waals surface area contributed by atoms with Crippen LogP contribution in [-0.4, -0.2) is 47.0 Å². The normalized spacial score (nSPS) is 12.4. The molecule has 0 fully saturated rings. The third-order valence-electron chi connectivity index (χ3n) is 4.35. The predicted molar refractivity (Wildman–Crippen MR) is 107 cm³/mol. The van der Waals surface area contributed by atoms with E-state index in [1.165, 1.54) is 12.3 Å². The summed E-state index contributed by atoms with van der Waals surface area (Å²) in [6, 6.07) is 8.25. The lowest BCUT2D eigenvalue weighted by molar-refractivity contribution is -0.139. The van der Waals surface area contributed by atoms with Gasteiger partial charge in [-0.05, 0) is 49.6 Å². The van der Waals surface area contributed by atoms with Crippen molar-refractivity contribution in [3.63, 3.8) is 0 Å². The van der Waals surface area contributed by atoms with E-state index in [-0.39, 0.29) is 23.7 Å². The van der Waals surface area contributed by atoms with E-state index >= 15 is 0 Å². The number of furan rings is 1. The summed E-state index contributed by atoms with van der Waals surface area (Å²) < 4.78 is 36.8. The zero-order chi connectivity index (χ0) is 21.4. The second-order valence-electron chi connectivity index (χ2n) is 6.63. The zero-order valence-corrected chi connectivity index (χ0v) is 17.5. The van der Waals surface area contributed by atoms with Gasteiger partial charge in [0.05, 0.1) is 11.2 Å². The highest BCUT2D eigenvalue weighted by atomic mass is 32.2. The number of rotatable bonds is 9. The molecular formula is C20H26N2O6S. The van der Waals surface area contributed by atoms with Gasteiger partial charge < -0.3 is 19.8 Å². The Labute approximate surface area is 170 Å². The third-order valence-corrected chi connectivity index (χ3v) is 6.55. The summed E-state index contributed by atoms with van der Waals surface area (Å²) >= 11 is 0. The van der Waals surface area contributed by atoms with Crippen LogP contribution in [0, 0.1) is 13.8 Å². The van der Waals surface area contributed by atoms with E-state index in [9.17, 15) is 18.0 Å². The molecule has 1 aromatic carbocycles. The lowest BCUT2D eigenvalue weighted by atomic mass is 10.2. The second-order valence-corrected chi connectivity index (χ2v) is 8.73. The summed E-state index contributed by atoms with van der Waals surface area (Å²) in [5.41, 5.74) is 1.39. The standard InChI is InChI=1S/C20H26N2O6S/c1-14-7-8-15(2)17(12-14)29(25,26)18(16-6-4-11-28-16)13-22-20(24)19(23)21-9-5-10-27-3/h4,6-8,11-12,18H,5,9-10,13H2,1-3H3,(H,21,23)(H,22,24)/t18-/m1/s1. The highest BCUT2D eigenvalue weighted by Crippen LogP contribution is 2.31. The number of carbonyl (C=O) groups excluding carboxylic acids is 2. The number of methoxy groups -OCH3 is 1. The first-order chi connectivity index (χ1) is 13.8. The van der Waals surface area contributed by atoms with E-state index in [0.29, 0.717) is 18.6 Å². The minimum absolute atomic E-state index is 0.164. The first-order valence-corrected chi connectivity index (χ1v) is 10.7. The molecule has 8 nitrogen and oxygen atoms in total. The summed E-state index contributed by atoms with van der Waals surface area (Å²) in [6.45, 7) is 3.94. The second kappa shape index (κ2) is 10.2. The van der Waals surface area contributed by atoms with E-state index in [4.69, 9.17) is 9.15 Å². The van der Waals surface area contributed by atoms with Crippen molar-refractivity contribution in [2.24, 2.45) is 0 Å². The van der Waals surface area contributed by atoms with Crippen LogP contribution in [0.1, 0.15) is 28.6 Å². The molecule has 29 heavy (non-hydrogen) atoms. The number of aryl methyl sites for hydroxylation is 2. The molecule has 1 atom stereocenters. The molecule has 1 heterocycles. The van der Waals surface area contributed by atoms with Gasteiger partial charge in [0.2, 0.25) is 0 Å². The molecule has 0 radical (unpaired) electrons. The molecule has 2 N–H and O–H groups in total. The summed E-state index contributed by atoms with van der Waals surface area (Å²) in [6.07, 6.45) is 1.93. The largest absolute Gasteiger partial charge is 0.468 e. The van der Waals surface area contributed by atoms with Crippen molar-refractivity contribution in [3.8, 4) is 0 Å². The SMILES string of the molecule is COCCCNC(=O)C(=O)NC[C@H](c1ccco1)S(=O)(=O)c1cc(C)ccc1C. The van der Waals surface area contributed by atoms with Gasteiger partial charge in [-0.1, -0.05) is 12.1 Å². The van der Waals surface area contributed by atoms with Crippen molar-refractivity contribution < 1.29 is 27.2 Å². The molecule has 0 aliphatic heterocycles. The van der Waals surface area contributed by atoms with Gasteiger partial charge >= 0.3 is 11.8 Å². The summed E-state index contributed by atoms with van der Waals surface area (Å²) in [7, 11) is -2.34. The quantitative estimate of drug-likeness (QED) is 0.469. The molecule has 0 saturated carbocycles. The number of hydrogen-bond donors (Lipinski definition) is 2. The predicted octanol–water partition coefficient (Wildman–Crippen LogP) is 1.68. The zero-order valence-electron chi connectivity index (χ0n) is 16.7. The highest BCUT2D eigenvalue weighted by molar-refractivity contribution is 7.91. The van der Waals surface area contributed by atoms with Crippen LogP contribution in [0.2, 0.25) is 0 Å². The Morgan fingerprint density at radius 2 is 1.86 bits per heavy atom. The fourth-order valence-corrected chi connectivity index (χ4v) is 4.69. The minimum Gasteiger partial charge on any atom is -0.468 e. The van der Waals surface area contributed by atoms with Crippen molar-refractivity contribution in [1.29, 1.82) is 0 Å². The van der Waals surface area contributed by atoms with Gasteiger partial charge in [-0.25, -0.2) is 8.42 Å². The summed E-state index contributed by atoms with van der Waals surface area (Å²) in [5, 5.41) is 3.70. The Balaban J connectivity index is 2.17. The maximum atomic E-state index is 13.3. The van der Waals surface area contributed by atoms with Gasteiger partial charge in [-0.3, -0.25) is 9.59 Å². The van der Waals surface area contributed by atoms with Crippen LogP contribution >= 0.6 is 0 Å². The first-order valence-electron chi connectivity index (χ1n) is 9.17. The van der Waals surface area contributed by atoms with Crippen LogP contribution in [0.15, 0.2) is 45.9 Å². The lowest BCUT2D eigenvalue weighted by Gasteiger charge is -2.18. The maximum Gasteiger partial charge on any atom is 0.309 e. The van der Waals surface area contributed by atoms with Crippen molar-refractivity contribution in [3.05, 3.63) is 53.5 Å². The van der Waals surface area contributed by atoms with E-state index in [1.54, 1.807) is 39.2 Å². The smallest absolute Gasteiger partial charge is 0.309 e. The molecule has 0 aliphatic carbocycles. The number of benzene rings is 1. The van der Waals surface area contributed by atoms with E-state index in [2.05, 4.69) is 10.6 Å². The average molecular weight is 423 g/mol. The maximum absolute atomic E-state index is 13.3. The summed E-state index contributed by atoms with van der Waals surface area (Å²) in [5.74, 6) is -1.55. The van der Waals surface area contributed by atoms with Crippen molar-refractivity contribution >= 4 is 21.7 Å². The van der Waals surface area contributed by atoms with Crippen LogP contribution in [-0.2, 0) is 24.2 Å². The molecular weight excluding hydrogens is 396 g/mol. The number of hydrogen-bond acceptors (Lipinski definition) is 6. The Morgan fingerprint density at radius 1 is 1.14 bits per heavy atom. The minimum atomic E-state index is -3.88. The number of ether oxygens (including phenoxy) is 1. The third kappa shape index (κ3) is 5.91. The van der Waals surface area contributed by atoms with Gasteiger partial charge in [0, 0.05) is 26.8 Å². The summed E-state index contributed by atoms with van der Waals surface area (Å²) in [4.78, 5) is 24.1. The van der Waals surface area contributed by atoms with Crippen molar-refractivity contribution in [2.75, 3.05) is 26.8 Å². The Kier molecular flexibility index (Phi) is 7.98. The van der Waals surface area contributed by atoms with Crippen LogP contribution < -0.4 is 10.6 Å². The fourth-order valence-electron chi connectivity index (χ4n) is 2.77. The number of sulfone groups is 1. The molecule has 2 amide bonds. The van der Waals surface area contributed by atoms with Crippen LogP contribution in [0.3, 0.4) is 0 Å². The Morgan fingerprint density at radius 3 is 2.52 bits per heavy atom. The van der Waals surface area contributed by atoms with Gasteiger partial charge in [0.1, 0.15) is 11.0 Å². The van der Waals surface area contributed by atoms with Gasteiger partial charge in [0.25, 0.3) is 0 Å². The molecule has 1 aromatic heterocycles. The van der Waals surface area contributed by atoms with Crippen LogP contribution in [0.5, 0.6) is 0 Å². The van der Waals surface area contributed by atoms with Crippen LogP contribution in [0.25, 0.3) is 0 Å². The molecule has 0 saturated heterocycles. The van der Waals surface area contributed by atoms with E-state index < -0.39 is 26.9 Å². The lowest BCUT2D eigenvalue weighted by Crippen LogP contribution is -2.42.